The van der Waals surface area contributed by atoms with Gasteiger partial charge in [-0.15, -0.1) is 0 Å². The van der Waals surface area contributed by atoms with Crippen molar-refractivity contribution < 1.29 is 4.79 Å². The van der Waals surface area contributed by atoms with Crippen molar-refractivity contribution in [1.29, 1.82) is 0 Å². The van der Waals surface area contributed by atoms with Crippen LogP contribution in [0.5, 0.6) is 0 Å². The molecule has 3 rings (SSSR count). The Bertz CT molecular complexity index is 470. The minimum absolute atomic E-state index is 0.140. The van der Waals surface area contributed by atoms with E-state index in [2.05, 4.69) is 32.0 Å². The lowest BCUT2D eigenvalue weighted by molar-refractivity contribution is -0.115. The zero-order valence-electron chi connectivity index (χ0n) is 11.4. The van der Waals surface area contributed by atoms with Gasteiger partial charge >= 0.3 is 0 Å². The Morgan fingerprint density at radius 3 is 2.67 bits per heavy atom. The van der Waals surface area contributed by atoms with Crippen molar-refractivity contribution in [3.8, 4) is 0 Å². The van der Waals surface area contributed by atoms with Crippen molar-refractivity contribution >= 4 is 6.29 Å². The van der Waals surface area contributed by atoms with E-state index in [-0.39, 0.29) is 5.41 Å². The molecule has 0 radical (unpaired) electrons. The molecule has 2 aliphatic carbocycles. The highest BCUT2D eigenvalue weighted by atomic mass is 16.1. The molecule has 2 fully saturated rings. The number of carbonyl (C=O) groups is 1. The topological polar surface area (TPSA) is 17.1 Å². The number of aryl methyl sites for hydroxylation is 1. The molecule has 0 bridgehead atoms. The second kappa shape index (κ2) is 4.22. The average Bonchev–Trinajstić information content (AvgIpc) is 3.09. The second-order valence-electron chi connectivity index (χ2n) is 6.21. The summed E-state index contributed by atoms with van der Waals surface area (Å²) >= 11 is 0. The summed E-state index contributed by atoms with van der Waals surface area (Å²) in [5.74, 6) is 1.64. The van der Waals surface area contributed by atoms with E-state index < -0.39 is 0 Å². The fourth-order valence-corrected chi connectivity index (χ4v) is 3.46. The van der Waals surface area contributed by atoms with E-state index in [9.17, 15) is 4.79 Å². The summed E-state index contributed by atoms with van der Waals surface area (Å²) in [4.78, 5) is 11.4. The number of hydrogen-bond donors (Lipinski definition) is 0. The SMILES string of the molecule is CCC1CC1c1cc(C2(C=O)CCC2)ccc1C. The molecule has 2 saturated carbocycles. The Morgan fingerprint density at radius 2 is 2.17 bits per heavy atom. The quantitative estimate of drug-likeness (QED) is 0.726. The molecule has 18 heavy (non-hydrogen) atoms. The van der Waals surface area contributed by atoms with Crippen LogP contribution in [-0.4, -0.2) is 6.29 Å². The molecule has 0 saturated heterocycles. The third-order valence-corrected chi connectivity index (χ3v) is 5.17. The van der Waals surface area contributed by atoms with Crippen molar-refractivity contribution in [2.24, 2.45) is 5.92 Å². The van der Waals surface area contributed by atoms with Crippen LogP contribution in [0.3, 0.4) is 0 Å². The molecular formula is C17H22O. The van der Waals surface area contributed by atoms with E-state index in [4.69, 9.17) is 0 Å². The largest absolute Gasteiger partial charge is 0.302 e. The summed E-state index contributed by atoms with van der Waals surface area (Å²) in [6, 6.07) is 6.73. The van der Waals surface area contributed by atoms with Gasteiger partial charge in [0.2, 0.25) is 0 Å². The minimum atomic E-state index is -0.140. The molecule has 1 heteroatoms. The van der Waals surface area contributed by atoms with Gasteiger partial charge in [-0.1, -0.05) is 38.0 Å². The number of benzene rings is 1. The Balaban J connectivity index is 1.93. The lowest BCUT2D eigenvalue weighted by Crippen LogP contribution is -2.35. The molecule has 2 aliphatic rings. The van der Waals surface area contributed by atoms with Crippen molar-refractivity contribution in [3.05, 3.63) is 34.9 Å². The molecule has 0 amide bonds. The molecule has 2 atom stereocenters. The summed E-state index contributed by atoms with van der Waals surface area (Å²) in [6.45, 7) is 4.49. The fraction of sp³-hybridized carbons (Fsp3) is 0.588. The summed E-state index contributed by atoms with van der Waals surface area (Å²) in [6.07, 6.45) is 7.10. The lowest BCUT2D eigenvalue weighted by atomic mass is 9.65. The van der Waals surface area contributed by atoms with Crippen LogP contribution in [0, 0.1) is 12.8 Å². The molecule has 0 heterocycles. The van der Waals surface area contributed by atoms with Gasteiger partial charge in [0, 0.05) is 0 Å². The maximum Gasteiger partial charge on any atom is 0.130 e. The molecule has 1 aromatic rings. The Morgan fingerprint density at radius 1 is 1.39 bits per heavy atom. The van der Waals surface area contributed by atoms with Gasteiger partial charge in [0.25, 0.3) is 0 Å². The first-order valence-electron chi connectivity index (χ1n) is 7.27. The van der Waals surface area contributed by atoms with Crippen LogP contribution in [0.15, 0.2) is 18.2 Å². The van der Waals surface area contributed by atoms with Gasteiger partial charge in [0.05, 0.1) is 5.41 Å². The minimum Gasteiger partial charge on any atom is -0.302 e. The number of hydrogen-bond acceptors (Lipinski definition) is 1. The molecule has 0 aliphatic heterocycles. The van der Waals surface area contributed by atoms with Crippen LogP contribution in [0.4, 0.5) is 0 Å². The molecule has 1 aromatic carbocycles. The molecule has 96 valence electrons. The normalized spacial score (nSPS) is 28.6. The Hall–Kier alpha value is -1.11. The third-order valence-electron chi connectivity index (χ3n) is 5.17. The van der Waals surface area contributed by atoms with Gasteiger partial charge in [0.1, 0.15) is 6.29 Å². The predicted molar refractivity (Wildman–Crippen MR) is 73.9 cm³/mol. The molecule has 0 aromatic heterocycles. The first kappa shape index (κ1) is 12.0. The zero-order valence-corrected chi connectivity index (χ0v) is 11.4. The van der Waals surface area contributed by atoms with Crippen molar-refractivity contribution in [1.82, 2.24) is 0 Å². The first-order valence-corrected chi connectivity index (χ1v) is 7.27. The lowest BCUT2D eigenvalue weighted by Gasteiger charge is -2.37. The Labute approximate surface area is 110 Å². The summed E-state index contributed by atoms with van der Waals surface area (Å²) in [5, 5.41) is 0. The van der Waals surface area contributed by atoms with Crippen LogP contribution < -0.4 is 0 Å². The summed E-state index contributed by atoms with van der Waals surface area (Å²) < 4.78 is 0. The van der Waals surface area contributed by atoms with Gasteiger partial charge in [-0.2, -0.15) is 0 Å². The molecule has 1 nitrogen and oxygen atoms in total. The molecule has 0 spiro atoms. The third kappa shape index (κ3) is 1.72. The Kier molecular flexibility index (Phi) is 2.80. The van der Waals surface area contributed by atoms with Gasteiger partial charge in [-0.25, -0.2) is 0 Å². The standard InChI is InChI=1S/C17H22O/c1-3-13-9-16(13)15-10-14(6-5-12(15)2)17(11-18)7-4-8-17/h5-6,10-11,13,16H,3-4,7-9H2,1-2H3. The second-order valence-corrected chi connectivity index (χ2v) is 6.21. The van der Waals surface area contributed by atoms with E-state index in [0.717, 1.165) is 24.7 Å². The van der Waals surface area contributed by atoms with Gasteiger partial charge in [-0.3, -0.25) is 0 Å². The van der Waals surface area contributed by atoms with Crippen molar-refractivity contribution in [2.75, 3.05) is 0 Å². The first-order chi connectivity index (χ1) is 8.70. The van der Waals surface area contributed by atoms with Crippen molar-refractivity contribution in [2.45, 2.75) is 57.3 Å². The highest BCUT2D eigenvalue weighted by molar-refractivity contribution is 5.70. The highest BCUT2D eigenvalue weighted by Gasteiger charge is 2.41. The summed E-state index contributed by atoms with van der Waals surface area (Å²) in [7, 11) is 0. The number of aldehydes is 1. The van der Waals surface area contributed by atoms with Crippen molar-refractivity contribution in [3.63, 3.8) is 0 Å². The van der Waals surface area contributed by atoms with Gasteiger partial charge < -0.3 is 4.79 Å². The zero-order chi connectivity index (χ0) is 12.8. The van der Waals surface area contributed by atoms with Crippen LogP contribution in [0.1, 0.15) is 61.6 Å². The summed E-state index contributed by atoms with van der Waals surface area (Å²) in [5.41, 5.74) is 4.04. The molecule has 2 unspecified atom stereocenters. The van der Waals surface area contributed by atoms with E-state index >= 15 is 0 Å². The fourth-order valence-electron chi connectivity index (χ4n) is 3.46. The highest BCUT2D eigenvalue weighted by Crippen LogP contribution is 2.51. The molecular weight excluding hydrogens is 220 g/mol. The smallest absolute Gasteiger partial charge is 0.130 e. The molecule has 0 N–H and O–H groups in total. The van der Waals surface area contributed by atoms with E-state index in [0.29, 0.717) is 0 Å². The monoisotopic (exact) mass is 242 g/mol. The van der Waals surface area contributed by atoms with Crippen LogP contribution >= 0.6 is 0 Å². The maximum absolute atomic E-state index is 11.4. The van der Waals surface area contributed by atoms with Crippen LogP contribution in [0.25, 0.3) is 0 Å². The average molecular weight is 242 g/mol. The van der Waals surface area contributed by atoms with E-state index in [1.807, 2.05) is 0 Å². The van der Waals surface area contributed by atoms with Gasteiger partial charge in [-0.05, 0) is 54.7 Å². The van der Waals surface area contributed by atoms with E-state index in [1.165, 1.54) is 42.2 Å². The predicted octanol–water partition coefficient (Wildman–Crippen LogP) is 4.13. The van der Waals surface area contributed by atoms with E-state index in [1.54, 1.807) is 0 Å². The van der Waals surface area contributed by atoms with Gasteiger partial charge in [0.15, 0.2) is 0 Å². The van der Waals surface area contributed by atoms with Crippen LogP contribution in [-0.2, 0) is 10.2 Å². The number of rotatable bonds is 4. The number of carbonyl (C=O) groups excluding carboxylic acids is 1. The maximum atomic E-state index is 11.4. The van der Waals surface area contributed by atoms with Crippen LogP contribution in [0.2, 0.25) is 0 Å².